The lowest BCUT2D eigenvalue weighted by Crippen LogP contribution is -2.01. The molecule has 0 aliphatic heterocycles. The molecule has 0 fully saturated rings. The Kier molecular flexibility index (Phi) is 3.52. The summed E-state index contributed by atoms with van der Waals surface area (Å²) in [6.07, 6.45) is 0. The molecule has 0 atom stereocenters. The quantitative estimate of drug-likeness (QED) is 0.682. The summed E-state index contributed by atoms with van der Waals surface area (Å²) >= 11 is 0.993. The van der Waals surface area contributed by atoms with Gasteiger partial charge in [0.1, 0.15) is 0 Å². The highest BCUT2D eigenvalue weighted by Gasteiger charge is 2.11. The van der Waals surface area contributed by atoms with Crippen molar-refractivity contribution < 1.29 is 13.7 Å². The second-order valence-corrected chi connectivity index (χ2v) is 4.39. The van der Waals surface area contributed by atoms with Gasteiger partial charge in [-0.1, -0.05) is 17.4 Å². The smallest absolute Gasteiger partial charge is 0.324 e. The first-order valence-electron chi connectivity index (χ1n) is 4.97. The van der Waals surface area contributed by atoms with Crippen molar-refractivity contribution in [1.82, 2.24) is 0 Å². The van der Waals surface area contributed by atoms with Crippen LogP contribution in [0.5, 0.6) is 0 Å². The van der Waals surface area contributed by atoms with E-state index in [0.29, 0.717) is 5.56 Å². The predicted molar refractivity (Wildman–Crippen MR) is 64.7 cm³/mol. The topological polar surface area (TPSA) is 55.2 Å². The fraction of sp³-hybridized carbons (Fsp3) is 0.0909. The normalized spacial score (nSPS) is 10.3. The number of thiophene rings is 1. The predicted octanol–water partition coefficient (Wildman–Crippen LogP) is 3.55. The van der Waals surface area contributed by atoms with Gasteiger partial charge in [-0.25, -0.2) is 8.78 Å². The van der Waals surface area contributed by atoms with E-state index < -0.39 is 16.6 Å². The molecule has 1 N–H and O–H groups in total. The Labute approximate surface area is 105 Å². The molecule has 0 aliphatic carbocycles. The molecule has 0 saturated heterocycles. The molecule has 1 aromatic heterocycles. The van der Waals surface area contributed by atoms with E-state index in [1.165, 1.54) is 18.2 Å². The van der Waals surface area contributed by atoms with E-state index >= 15 is 0 Å². The maximum absolute atomic E-state index is 13.3. The Balaban J connectivity index is 2.07. The van der Waals surface area contributed by atoms with E-state index in [1.807, 2.05) is 0 Å². The van der Waals surface area contributed by atoms with Gasteiger partial charge in [-0.05, 0) is 17.7 Å². The van der Waals surface area contributed by atoms with Gasteiger partial charge in [0.05, 0.1) is 10.6 Å². The van der Waals surface area contributed by atoms with Crippen molar-refractivity contribution in [3.63, 3.8) is 0 Å². The maximum atomic E-state index is 13.3. The van der Waals surface area contributed by atoms with Gasteiger partial charge < -0.3 is 5.32 Å². The standard InChI is InChI=1S/C11H8F2N2O2S/c12-8-2-1-3-9(11(8)13)14-5-7-4-10(15(16)17)18-6-7/h1-4,6,14H,5H2. The highest BCUT2D eigenvalue weighted by atomic mass is 32.1. The molecule has 0 saturated carbocycles. The lowest BCUT2D eigenvalue weighted by molar-refractivity contribution is -0.380. The number of benzene rings is 1. The average Bonchev–Trinajstić information content (AvgIpc) is 2.80. The van der Waals surface area contributed by atoms with Crippen molar-refractivity contribution in [3.05, 3.63) is 57.0 Å². The zero-order chi connectivity index (χ0) is 13.1. The summed E-state index contributed by atoms with van der Waals surface area (Å²) in [7, 11) is 0. The molecule has 0 radical (unpaired) electrons. The summed E-state index contributed by atoms with van der Waals surface area (Å²) in [5, 5.41) is 14.8. The zero-order valence-electron chi connectivity index (χ0n) is 9.02. The lowest BCUT2D eigenvalue weighted by Gasteiger charge is -2.06. The summed E-state index contributed by atoms with van der Waals surface area (Å²) in [5.41, 5.74) is 0.680. The molecule has 7 heteroatoms. The molecule has 18 heavy (non-hydrogen) atoms. The number of hydrogen-bond acceptors (Lipinski definition) is 4. The third kappa shape index (κ3) is 2.62. The molecule has 2 rings (SSSR count). The minimum absolute atomic E-state index is 0.0199. The van der Waals surface area contributed by atoms with Crippen LogP contribution in [-0.4, -0.2) is 4.92 Å². The number of nitro groups is 1. The van der Waals surface area contributed by atoms with Gasteiger partial charge in [-0.3, -0.25) is 10.1 Å². The van der Waals surface area contributed by atoms with Crippen LogP contribution in [0.1, 0.15) is 5.56 Å². The molecule has 1 heterocycles. The summed E-state index contributed by atoms with van der Waals surface area (Å²) < 4.78 is 26.2. The Hall–Kier alpha value is -2.02. The number of hydrogen-bond donors (Lipinski definition) is 1. The first kappa shape index (κ1) is 12.4. The van der Waals surface area contributed by atoms with Crippen molar-refractivity contribution in [2.75, 3.05) is 5.32 Å². The van der Waals surface area contributed by atoms with E-state index in [9.17, 15) is 18.9 Å². The Bertz CT molecular complexity index is 586. The van der Waals surface area contributed by atoms with Crippen LogP contribution >= 0.6 is 11.3 Å². The van der Waals surface area contributed by atoms with Gasteiger partial charge in [0.2, 0.25) is 0 Å². The van der Waals surface area contributed by atoms with Crippen LogP contribution in [0.25, 0.3) is 0 Å². The lowest BCUT2D eigenvalue weighted by atomic mass is 10.2. The second-order valence-electron chi connectivity index (χ2n) is 3.51. The fourth-order valence-electron chi connectivity index (χ4n) is 1.39. The average molecular weight is 270 g/mol. The molecule has 0 unspecified atom stereocenters. The van der Waals surface area contributed by atoms with Gasteiger partial charge in [-0.15, -0.1) is 0 Å². The number of halogens is 2. The Morgan fingerprint density at radius 3 is 2.83 bits per heavy atom. The van der Waals surface area contributed by atoms with Crippen LogP contribution in [-0.2, 0) is 6.54 Å². The molecule has 2 aromatic rings. The number of nitrogens with zero attached hydrogens (tertiary/aromatic N) is 1. The number of rotatable bonds is 4. The molecule has 0 bridgehead atoms. The zero-order valence-corrected chi connectivity index (χ0v) is 9.84. The van der Waals surface area contributed by atoms with Crippen molar-refractivity contribution in [2.24, 2.45) is 0 Å². The van der Waals surface area contributed by atoms with E-state index in [1.54, 1.807) is 5.38 Å². The SMILES string of the molecule is O=[N+]([O-])c1cc(CNc2cccc(F)c2F)cs1. The van der Waals surface area contributed by atoms with Crippen molar-refractivity contribution in [3.8, 4) is 0 Å². The number of nitrogens with one attached hydrogen (secondary N) is 1. The summed E-state index contributed by atoms with van der Waals surface area (Å²) in [6.45, 7) is 0.199. The van der Waals surface area contributed by atoms with E-state index in [2.05, 4.69) is 5.32 Å². The Morgan fingerprint density at radius 1 is 1.39 bits per heavy atom. The minimum atomic E-state index is -0.956. The first-order valence-corrected chi connectivity index (χ1v) is 5.85. The van der Waals surface area contributed by atoms with Crippen LogP contribution in [0, 0.1) is 21.7 Å². The molecule has 0 spiro atoms. The monoisotopic (exact) mass is 270 g/mol. The van der Waals surface area contributed by atoms with Crippen molar-refractivity contribution >= 4 is 22.0 Å². The molecular weight excluding hydrogens is 262 g/mol. The Morgan fingerprint density at radius 2 is 2.17 bits per heavy atom. The minimum Gasteiger partial charge on any atom is -0.378 e. The van der Waals surface area contributed by atoms with Crippen LogP contribution in [0.15, 0.2) is 29.6 Å². The van der Waals surface area contributed by atoms with Crippen LogP contribution in [0.2, 0.25) is 0 Å². The summed E-state index contributed by atoms with van der Waals surface area (Å²) in [5.74, 6) is -1.89. The highest BCUT2D eigenvalue weighted by molar-refractivity contribution is 7.13. The van der Waals surface area contributed by atoms with E-state index in [4.69, 9.17) is 0 Å². The van der Waals surface area contributed by atoms with Gasteiger partial charge in [0, 0.05) is 18.0 Å². The fourth-order valence-corrected chi connectivity index (χ4v) is 2.12. The third-order valence-corrected chi connectivity index (χ3v) is 3.18. The molecule has 1 aromatic carbocycles. The number of anilines is 1. The summed E-state index contributed by atoms with van der Waals surface area (Å²) in [6, 6.07) is 5.21. The van der Waals surface area contributed by atoms with E-state index in [-0.39, 0.29) is 17.2 Å². The molecule has 0 amide bonds. The molecule has 94 valence electrons. The third-order valence-electron chi connectivity index (χ3n) is 2.25. The highest BCUT2D eigenvalue weighted by Crippen LogP contribution is 2.24. The van der Waals surface area contributed by atoms with Crippen molar-refractivity contribution in [2.45, 2.75) is 6.54 Å². The van der Waals surface area contributed by atoms with Crippen LogP contribution in [0.4, 0.5) is 19.5 Å². The first-order chi connectivity index (χ1) is 8.58. The van der Waals surface area contributed by atoms with Gasteiger partial charge in [0.25, 0.3) is 0 Å². The van der Waals surface area contributed by atoms with Crippen LogP contribution in [0.3, 0.4) is 0 Å². The van der Waals surface area contributed by atoms with Gasteiger partial charge >= 0.3 is 5.00 Å². The molecular formula is C11H8F2N2O2S. The van der Waals surface area contributed by atoms with Gasteiger partial charge in [0.15, 0.2) is 11.6 Å². The van der Waals surface area contributed by atoms with Gasteiger partial charge in [-0.2, -0.15) is 0 Å². The molecule has 4 nitrogen and oxygen atoms in total. The van der Waals surface area contributed by atoms with Crippen molar-refractivity contribution in [1.29, 1.82) is 0 Å². The van der Waals surface area contributed by atoms with Crippen LogP contribution < -0.4 is 5.32 Å². The largest absolute Gasteiger partial charge is 0.378 e. The second kappa shape index (κ2) is 5.09. The summed E-state index contributed by atoms with van der Waals surface area (Å²) in [4.78, 5) is 9.98. The molecule has 0 aliphatic rings. The van der Waals surface area contributed by atoms with E-state index in [0.717, 1.165) is 17.4 Å². The maximum Gasteiger partial charge on any atom is 0.324 e.